The van der Waals surface area contributed by atoms with Crippen molar-refractivity contribution in [2.24, 2.45) is 0 Å². The van der Waals surface area contributed by atoms with Crippen molar-refractivity contribution in [1.82, 2.24) is 0 Å². The number of fused-ring (bicyclic) bond motifs is 10. The van der Waals surface area contributed by atoms with Crippen molar-refractivity contribution >= 4 is 86.8 Å². The molecular formula is C46H26O2S. The van der Waals surface area contributed by atoms with Crippen molar-refractivity contribution in [3.8, 4) is 33.4 Å². The third-order valence-corrected chi connectivity index (χ3v) is 11.1. The van der Waals surface area contributed by atoms with Crippen molar-refractivity contribution < 1.29 is 8.83 Å². The highest BCUT2D eigenvalue weighted by Gasteiger charge is 2.23. The van der Waals surface area contributed by atoms with E-state index in [1.54, 1.807) is 0 Å². The van der Waals surface area contributed by atoms with Gasteiger partial charge in [-0.05, 0) is 67.9 Å². The summed E-state index contributed by atoms with van der Waals surface area (Å²) in [7, 11) is 0. The van der Waals surface area contributed by atoms with Crippen molar-refractivity contribution in [2.75, 3.05) is 0 Å². The summed E-state index contributed by atoms with van der Waals surface area (Å²) in [4.78, 5) is 0. The lowest BCUT2D eigenvalue weighted by atomic mass is 9.83. The van der Waals surface area contributed by atoms with E-state index in [4.69, 9.17) is 8.83 Å². The molecule has 0 aliphatic carbocycles. The summed E-state index contributed by atoms with van der Waals surface area (Å²) in [6.45, 7) is 0. The topological polar surface area (TPSA) is 26.3 Å². The van der Waals surface area contributed by atoms with Crippen molar-refractivity contribution in [3.05, 3.63) is 157 Å². The predicted octanol–water partition coefficient (Wildman–Crippen LogP) is 14.0. The summed E-state index contributed by atoms with van der Waals surface area (Å²) < 4.78 is 14.5. The van der Waals surface area contributed by atoms with Crippen LogP contribution in [0.25, 0.3) is 109 Å². The number of furan rings is 2. The number of thiophene rings is 1. The standard InChI is InChI=1S/C46H26O2S/c1-2-14-29(27(12-1)38-26-49-41-23-10-8-13-28(38)41)42-30-15-3-5-17-32(30)43(33-18-6-4-16-31(33)42)37-21-11-20-34-35-24-25-40-44(46(35)48-45(34)37)36-19-7-9-22-39(36)47-40/h1-26H. The highest BCUT2D eigenvalue weighted by Crippen LogP contribution is 2.49. The number of hydrogen-bond acceptors (Lipinski definition) is 3. The van der Waals surface area contributed by atoms with Gasteiger partial charge in [0.2, 0.25) is 0 Å². The largest absolute Gasteiger partial charge is 0.456 e. The van der Waals surface area contributed by atoms with Gasteiger partial charge in [-0.25, -0.2) is 0 Å². The Morgan fingerprint density at radius 2 is 0.878 bits per heavy atom. The fourth-order valence-electron chi connectivity index (χ4n) is 8.09. The third kappa shape index (κ3) is 3.76. The van der Waals surface area contributed by atoms with Gasteiger partial charge in [-0.15, -0.1) is 11.3 Å². The first-order chi connectivity index (χ1) is 24.3. The SMILES string of the molecule is c1ccc(-c2c3ccccc3c(-c3cccc4c3oc3c4ccc4oc5ccccc5c43)c3ccccc23)c(-c2csc3ccccc23)c1. The molecule has 11 aromatic rings. The highest BCUT2D eigenvalue weighted by molar-refractivity contribution is 7.17. The lowest BCUT2D eigenvalue weighted by Crippen LogP contribution is -1.92. The molecule has 0 aliphatic rings. The number of rotatable bonds is 3. The average Bonchev–Trinajstić information content (AvgIpc) is 3.87. The second-order valence-corrected chi connectivity index (χ2v) is 13.6. The van der Waals surface area contributed by atoms with Gasteiger partial charge in [0.05, 0.1) is 5.39 Å². The van der Waals surface area contributed by atoms with Gasteiger partial charge < -0.3 is 8.83 Å². The smallest absolute Gasteiger partial charge is 0.147 e. The monoisotopic (exact) mass is 642 g/mol. The third-order valence-electron chi connectivity index (χ3n) is 10.2. The molecule has 3 heteroatoms. The fraction of sp³-hybridized carbons (Fsp3) is 0. The van der Waals surface area contributed by atoms with Crippen LogP contribution in [0, 0.1) is 0 Å². The minimum atomic E-state index is 0.839. The highest BCUT2D eigenvalue weighted by atomic mass is 32.1. The van der Waals surface area contributed by atoms with Crippen LogP contribution >= 0.6 is 11.3 Å². The Bertz CT molecular complexity index is 3060. The summed E-state index contributed by atoms with van der Waals surface area (Å²) in [6.07, 6.45) is 0. The first-order valence-corrected chi connectivity index (χ1v) is 17.5. The molecular weight excluding hydrogens is 617 g/mol. The zero-order valence-corrected chi connectivity index (χ0v) is 27.1. The zero-order chi connectivity index (χ0) is 32.1. The Balaban J connectivity index is 1.24. The van der Waals surface area contributed by atoms with Crippen molar-refractivity contribution in [1.29, 1.82) is 0 Å². The normalized spacial score (nSPS) is 12.1. The molecule has 0 saturated carbocycles. The molecule has 228 valence electrons. The van der Waals surface area contributed by atoms with Crippen LogP contribution in [0.4, 0.5) is 0 Å². The number of para-hydroxylation sites is 2. The maximum atomic E-state index is 6.98. The van der Waals surface area contributed by atoms with E-state index in [-0.39, 0.29) is 0 Å². The van der Waals surface area contributed by atoms with E-state index in [0.29, 0.717) is 0 Å². The van der Waals surface area contributed by atoms with Crippen LogP contribution in [0.15, 0.2) is 166 Å². The lowest BCUT2D eigenvalue weighted by Gasteiger charge is -2.19. The van der Waals surface area contributed by atoms with E-state index < -0.39 is 0 Å². The molecule has 0 atom stereocenters. The van der Waals surface area contributed by atoms with Gasteiger partial charge in [-0.3, -0.25) is 0 Å². The fourth-order valence-corrected chi connectivity index (χ4v) is 9.05. The molecule has 11 rings (SSSR count). The van der Waals surface area contributed by atoms with Crippen molar-refractivity contribution in [2.45, 2.75) is 0 Å². The Morgan fingerprint density at radius 3 is 1.63 bits per heavy atom. The summed E-state index contributed by atoms with van der Waals surface area (Å²) in [5.41, 5.74) is 10.8. The Kier molecular flexibility index (Phi) is 5.57. The molecule has 2 nitrogen and oxygen atoms in total. The Labute approximate surface area is 285 Å². The van der Waals surface area contributed by atoms with Crippen LogP contribution in [0.1, 0.15) is 0 Å². The van der Waals surface area contributed by atoms with Crippen LogP contribution in [0.5, 0.6) is 0 Å². The maximum absolute atomic E-state index is 6.98. The van der Waals surface area contributed by atoms with Gasteiger partial charge in [-0.2, -0.15) is 0 Å². The van der Waals surface area contributed by atoms with E-state index in [1.165, 1.54) is 59.4 Å². The first kappa shape index (κ1) is 26.9. The predicted molar refractivity (Wildman–Crippen MR) is 208 cm³/mol. The van der Waals surface area contributed by atoms with Crippen LogP contribution in [0.2, 0.25) is 0 Å². The average molecular weight is 643 g/mol. The van der Waals surface area contributed by atoms with Crippen LogP contribution in [-0.4, -0.2) is 0 Å². The Morgan fingerprint density at radius 1 is 0.327 bits per heavy atom. The molecule has 0 bridgehead atoms. The molecule has 3 aromatic heterocycles. The molecule has 0 fully saturated rings. The molecule has 49 heavy (non-hydrogen) atoms. The zero-order valence-electron chi connectivity index (χ0n) is 26.2. The van der Waals surface area contributed by atoms with Gasteiger partial charge in [0.1, 0.15) is 22.3 Å². The first-order valence-electron chi connectivity index (χ1n) is 16.6. The molecule has 0 spiro atoms. The molecule has 8 aromatic carbocycles. The minimum absolute atomic E-state index is 0.839. The molecule has 0 radical (unpaired) electrons. The van der Waals surface area contributed by atoms with Crippen molar-refractivity contribution in [3.63, 3.8) is 0 Å². The van der Waals surface area contributed by atoms with E-state index >= 15 is 0 Å². The number of benzene rings is 8. The van der Waals surface area contributed by atoms with E-state index in [1.807, 2.05) is 23.5 Å². The molecule has 0 N–H and O–H groups in total. The summed E-state index contributed by atoms with van der Waals surface area (Å²) >= 11 is 1.81. The summed E-state index contributed by atoms with van der Waals surface area (Å²) in [5, 5.41) is 12.7. The van der Waals surface area contributed by atoms with Gasteiger partial charge >= 0.3 is 0 Å². The lowest BCUT2D eigenvalue weighted by molar-refractivity contribution is 0.663. The molecule has 0 amide bonds. The van der Waals surface area contributed by atoms with Gasteiger partial charge in [0.25, 0.3) is 0 Å². The van der Waals surface area contributed by atoms with Crippen LogP contribution in [0.3, 0.4) is 0 Å². The second kappa shape index (κ2) is 10.2. The summed E-state index contributed by atoms with van der Waals surface area (Å²) in [6, 6.07) is 54.3. The maximum Gasteiger partial charge on any atom is 0.147 e. The van der Waals surface area contributed by atoms with E-state index in [9.17, 15) is 0 Å². The molecule has 3 heterocycles. The molecule has 0 saturated heterocycles. The quantitative estimate of drug-likeness (QED) is 0.179. The van der Waals surface area contributed by atoms with E-state index in [0.717, 1.165) is 49.4 Å². The summed E-state index contributed by atoms with van der Waals surface area (Å²) in [5.74, 6) is 0. The van der Waals surface area contributed by atoms with Crippen LogP contribution < -0.4 is 0 Å². The second-order valence-electron chi connectivity index (χ2n) is 12.7. The molecule has 0 aliphatic heterocycles. The van der Waals surface area contributed by atoms with Gasteiger partial charge in [0.15, 0.2) is 0 Å². The van der Waals surface area contributed by atoms with Gasteiger partial charge in [-0.1, -0.05) is 127 Å². The molecule has 0 unspecified atom stereocenters. The number of hydrogen-bond donors (Lipinski definition) is 0. The van der Waals surface area contributed by atoms with E-state index in [2.05, 4.69) is 145 Å². The minimum Gasteiger partial charge on any atom is -0.456 e. The Hall–Kier alpha value is -6.16. The van der Waals surface area contributed by atoms with Crippen LogP contribution in [-0.2, 0) is 0 Å². The van der Waals surface area contributed by atoms with Gasteiger partial charge in [0, 0.05) is 42.9 Å².